The second-order valence-corrected chi connectivity index (χ2v) is 5.63. The molecular formula is C16H21N3O2. The molecule has 1 aromatic heterocycles. The first-order valence-corrected chi connectivity index (χ1v) is 7.39. The molecule has 112 valence electrons. The van der Waals surface area contributed by atoms with E-state index in [2.05, 4.69) is 9.97 Å². The van der Waals surface area contributed by atoms with Gasteiger partial charge in [-0.05, 0) is 44.2 Å². The number of hydrogen-bond acceptors (Lipinski definition) is 5. The smallest absolute Gasteiger partial charge is 0.145 e. The van der Waals surface area contributed by atoms with Crippen LogP contribution in [-0.2, 0) is 4.74 Å². The average molecular weight is 287 g/mol. The Kier molecular flexibility index (Phi) is 3.92. The Balaban J connectivity index is 1.89. The van der Waals surface area contributed by atoms with Crippen molar-refractivity contribution in [3.63, 3.8) is 0 Å². The van der Waals surface area contributed by atoms with Gasteiger partial charge in [0.15, 0.2) is 0 Å². The molecule has 21 heavy (non-hydrogen) atoms. The summed E-state index contributed by atoms with van der Waals surface area (Å²) in [6, 6.07) is 3.99. The van der Waals surface area contributed by atoms with E-state index in [9.17, 15) is 0 Å². The quantitative estimate of drug-likeness (QED) is 0.939. The van der Waals surface area contributed by atoms with Crippen molar-refractivity contribution in [1.82, 2.24) is 9.97 Å². The van der Waals surface area contributed by atoms with Crippen LogP contribution in [0, 0.1) is 19.8 Å². The van der Waals surface area contributed by atoms with Crippen molar-refractivity contribution >= 4 is 16.7 Å². The van der Waals surface area contributed by atoms with Crippen LogP contribution in [0.25, 0.3) is 10.9 Å². The second-order valence-electron chi connectivity index (χ2n) is 5.63. The van der Waals surface area contributed by atoms with Gasteiger partial charge in [-0.15, -0.1) is 0 Å². The number of aromatic nitrogens is 2. The van der Waals surface area contributed by atoms with Gasteiger partial charge in [0.25, 0.3) is 0 Å². The minimum atomic E-state index is 0.520. The van der Waals surface area contributed by atoms with Gasteiger partial charge in [-0.1, -0.05) is 6.07 Å². The molecule has 0 spiro atoms. The zero-order valence-corrected chi connectivity index (χ0v) is 12.6. The van der Waals surface area contributed by atoms with Gasteiger partial charge >= 0.3 is 0 Å². The lowest BCUT2D eigenvalue weighted by molar-refractivity contribution is 0.0499. The SMILES string of the molecule is Cc1nc(N)c2c(C)ccc(OCC3CCOCC3)c2n1. The van der Waals surface area contributed by atoms with Crippen LogP contribution in [0.2, 0.25) is 0 Å². The Morgan fingerprint density at radius 1 is 1.24 bits per heavy atom. The van der Waals surface area contributed by atoms with E-state index in [-0.39, 0.29) is 0 Å². The highest BCUT2D eigenvalue weighted by molar-refractivity contribution is 5.94. The largest absolute Gasteiger partial charge is 0.491 e. The number of benzene rings is 1. The van der Waals surface area contributed by atoms with Crippen molar-refractivity contribution in [3.8, 4) is 5.75 Å². The molecule has 1 saturated heterocycles. The molecule has 2 N–H and O–H groups in total. The number of nitrogens with zero attached hydrogens (tertiary/aromatic N) is 2. The summed E-state index contributed by atoms with van der Waals surface area (Å²) in [5.74, 6) is 2.53. The third kappa shape index (κ3) is 2.93. The summed E-state index contributed by atoms with van der Waals surface area (Å²) in [7, 11) is 0. The van der Waals surface area contributed by atoms with Crippen LogP contribution in [-0.4, -0.2) is 29.8 Å². The summed E-state index contributed by atoms with van der Waals surface area (Å²) in [5.41, 5.74) is 7.92. The van der Waals surface area contributed by atoms with Crippen LogP contribution in [0.3, 0.4) is 0 Å². The number of fused-ring (bicyclic) bond motifs is 1. The average Bonchev–Trinajstić information content (AvgIpc) is 2.47. The van der Waals surface area contributed by atoms with Crippen LogP contribution >= 0.6 is 0 Å². The number of anilines is 1. The maximum absolute atomic E-state index is 6.04. The fourth-order valence-corrected chi connectivity index (χ4v) is 2.76. The Bertz CT molecular complexity index is 652. The lowest BCUT2D eigenvalue weighted by atomic mass is 10.0. The zero-order chi connectivity index (χ0) is 14.8. The Labute approximate surface area is 124 Å². The summed E-state index contributed by atoms with van der Waals surface area (Å²) in [6.07, 6.45) is 2.11. The molecule has 5 nitrogen and oxygen atoms in total. The standard InChI is InChI=1S/C16H21N3O2/c1-10-3-4-13(21-9-12-5-7-20-8-6-12)15-14(10)16(17)19-11(2)18-15/h3-4,12H,5-9H2,1-2H3,(H2,17,18,19). The van der Waals surface area contributed by atoms with E-state index in [1.165, 1.54) is 0 Å². The molecule has 0 aliphatic carbocycles. The van der Waals surface area contributed by atoms with Crippen molar-refractivity contribution < 1.29 is 9.47 Å². The maximum Gasteiger partial charge on any atom is 0.145 e. The van der Waals surface area contributed by atoms with Crippen LogP contribution < -0.4 is 10.5 Å². The third-order valence-corrected chi connectivity index (χ3v) is 3.98. The highest BCUT2D eigenvalue weighted by Crippen LogP contribution is 2.30. The van der Waals surface area contributed by atoms with Crippen molar-refractivity contribution in [3.05, 3.63) is 23.5 Å². The maximum atomic E-state index is 6.04. The van der Waals surface area contributed by atoms with E-state index in [1.54, 1.807) is 0 Å². The number of rotatable bonds is 3. The molecule has 2 aromatic rings. The van der Waals surface area contributed by atoms with E-state index in [1.807, 2.05) is 26.0 Å². The fourth-order valence-electron chi connectivity index (χ4n) is 2.76. The van der Waals surface area contributed by atoms with Gasteiger partial charge in [0.2, 0.25) is 0 Å². The first-order chi connectivity index (χ1) is 10.1. The molecule has 0 unspecified atom stereocenters. The summed E-state index contributed by atoms with van der Waals surface area (Å²) in [5, 5.41) is 0.894. The second kappa shape index (κ2) is 5.85. The molecule has 1 aliphatic rings. The molecule has 0 bridgehead atoms. The Hall–Kier alpha value is -1.88. The summed E-state index contributed by atoms with van der Waals surface area (Å²) in [6.45, 7) is 6.22. The topological polar surface area (TPSA) is 70.3 Å². The lowest BCUT2D eigenvalue weighted by Gasteiger charge is -2.22. The molecule has 3 rings (SSSR count). The zero-order valence-electron chi connectivity index (χ0n) is 12.6. The monoisotopic (exact) mass is 287 g/mol. The van der Waals surface area contributed by atoms with Gasteiger partial charge in [-0.2, -0.15) is 0 Å². The van der Waals surface area contributed by atoms with Gasteiger partial charge in [-0.3, -0.25) is 0 Å². The predicted octanol–water partition coefficient (Wildman–Crippen LogP) is 2.63. The summed E-state index contributed by atoms with van der Waals surface area (Å²) < 4.78 is 11.4. The van der Waals surface area contributed by atoms with Crippen LogP contribution in [0.5, 0.6) is 5.75 Å². The number of ether oxygens (including phenoxy) is 2. The van der Waals surface area contributed by atoms with Crippen LogP contribution in [0.4, 0.5) is 5.82 Å². The highest BCUT2D eigenvalue weighted by Gasteiger charge is 2.16. The molecule has 5 heteroatoms. The fraction of sp³-hybridized carbons (Fsp3) is 0.500. The van der Waals surface area contributed by atoms with Crippen molar-refractivity contribution in [2.24, 2.45) is 5.92 Å². The van der Waals surface area contributed by atoms with E-state index in [0.29, 0.717) is 24.2 Å². The van der Waals surface area contributed by atoms with Crippen molar-refractivity contribution in [1.29, 1.82) is 0 Å². The number of nitrogen functional groups attached to an aromatic ring is 1. The van der Waals surface area contributed by atoms with Crippen LogP contribution in [0.15, 0.2) is 12.1 Å². The molecule has 0 saturated carbocycles. The van der Waals surface area contributed by atoms with Gasteiger partial charge in [0.1, 0.15) is 22.9 Å². The van der Waals surface area contributed by atoms with E-state index in [0.717, 1.165) is 48.3 Å². The summed E-state index contributed by atoms with van der Waals surface area (Å²) >= 11 is 0. The van der Waals surface area contributed by atoms with Gasteiger partial charge in [-0.25, -0.2) is 9.97 Å². The molecular weight excluding hydrogens is 266 g/mol. The molecule has 1 aromatic carbocycles. The first-order valence-electron chi connectivity index (χ1n) is 7.39. The van der Waals surface area contributed by atoms with Crippen molar-refractivity contribution in [2.75, 3.05) is 25.6 Å². The van der Waals surface area contributed by atoms with E-state index < -0.39 is 0 Å². The minimum absolute atomic E-state index is 0.520. The summed E-state index contributed by atoms with van der Waals surface area (Å²) in [4.78, 5) is 8.77. The first kappa shape index (κ1) is 14.1. The van der Waals surface area contributed by atoms with Crippen LogP contribution in [0.1, 0.15) is 24.2 Å². The Morgan fingerprint density at radius 3 is 2.76 bits per heavy atom. The molecule has 0 atom stereocenters. The molecule has 2 heterocycles. The predicted molar refractivity (Wildman–Crippen MR) is 82.5 cm³/mol. The third-order valence-electron chi connectivity index (χ3n) is 3.98. The normalized spacial score (nSPS) is 16.3. The van der Waals surface area contributed by atoms with Gasteiger partial charge < -0.3 is 15.2 Å². The van der Waals surface area contributed by atoms with E-state index >= 15 is 0 Å². The number of hydrogen-bond donors (Lipinski definition) is 1. The minimum Gasteiger partial charge on any atom is -0.491 e. The molecule has 0 radical (unpaired) electrons. The molecule has 1 fully saturated rings. The highest BCUT2D eigenvalue weighted by atomic mass is 16.5. The van der Waals surface area contributed by atoms with E-state index in [4.69, 9.17) is 15.2 Å². The van der Waals surface area contributed by atoms with Gasteiger partial charge in [0.05, 0.1) is 6.61 Å². The van der Waals surface area contributed by atoms with Gasteiger partial charge in [0, 0.05) is 18.6 Å². The molecule has 0 amide bonds. The van der Waals surface area contributed by atoms with Crippen molar-refractivity contribution in [2.45, 2.75) is 26.7 Å². The lowest BCUT2D eigenvalue weighted by Crippen LogP contribution is -2.21. The molecule has 1 aliphatic heterocycles. The number of aryl methyl sites for hydroxylation is 2. The Morgan fingerprint density at radius 2 is 2.00 bits per heavy atom. The number of nitrogens with two attached hydrogens (primary N) is 1.